The Bertz CT molecular complexity index is 793. The predicted octanol–water partition coefficient (Wildman–Crippen LogP) is 3.45. The fraction of sp³-hybridized carbons (Fsp3) is 0.571. The summed E-state index contributed by atoms with van der Waals surface area (Å²) in [6.45, 7) is 15.3. The number of piperazine rings is 1. The Morgan fingerprint density at radius 1 is 1.34 bits per heavy atom. The van der Waals surface area contributed by atoms with E-state index >= 15 is 0 Å². The summed E-state index contributed by atoms with van der Waals surface area (Å²) in [6.07, 6.45) is 6.29. The third kappa shape index (κ3) is 5.67. The van der Waals surface area contributed by atoms with Crippen LogP contribution >= 0.6 is 11.3 Å². The van der Waals surface area contributed by atoms with Gasteiger partial charge in [-0.3, -0.25) is 9.69 Å². The first-order valence-electron chi connectivity index (χ1n) is 10.3. The molecule has 3 rings (SSSR count). The second-order valence-electron chi connectivity index (χ2n) is 7.55. The molecule has 1 amide bonds. The summed E-state index contributed by atoms with van der Waals surface area (Å²) in [5.74, 6) is 1.49. The third-order valence-electron chi connectivity index (χ3n) is 5.48. The van der Waals surface area contributed by atoms with Crippen LogP contribution in [0.5, 0.6) is 0 Å². The summed E-state index contributed by atoms with van der Waals surface area (Å²) in [7, 11) is 0. The highest BCUT2D eigenvalue weighted by molar-refractivity contribution is 7.19. The predicted molar refractivity (Wildman–Crippen MR) is 118 cm³/mol. The van der Waals surface area contributed by atoms with Crippen molar-refractivity contribution in [1.29, 1.82) is 0 Å². The lowest BCUT2D eigenvalue weighted by molar-refractivity contribution is -0.114. The highest BCUT2D eigenvalue weighted by Gasteiger charge is 2.22. The van der Waals surface area contributed by atoms with Crippen molar-refractivity contribution in [2.24, 2.45) is 5.92 Å². The SMILES string of the molecule is C=C/C(=C\C1=C(C(C)CC)CCO1)CN1CCN(c2nnc(NC(C)=O)s2)CC1. The van der Waals surface area contributed by atoms with Gasteiger partial charge in [0.2, 0.25) is 16.2 Å². The summed E-state index contributed by atoms with van der Waals surface area (Å²) >= 11 is 1.42. The molecule has 8 heteroatoms. The number of hydrogen-bond donors (Lipinski definition) is 1. The number of amides is 1. The summed E-state index contributed by atoms with van der Waals surface area (Å²) in [4.78, 5) is 15.8. The Morgan fingerprint density at radius 2 is 2.10 bits per heavy atom. The van der Waals surface area contributed by atoms with E-state index in [4.69, 9.17) is 4.74 Å². The number of nitrogens with zero attached hydrogens (tertiary/aromatic N) is 4. The molecule has 0 saturated carbocycles. The van der Waals surface area contributed by atoms with Crippen LogP contribution in [-0.2, 0) is 9.53 Å². The van der Waals surface area contributed by atoms with E-state index in [-0.39, 0.29) is 5.91 Å². The Morgan fingerprint density at radius 3 is 2.76 bits per heavy atom. The van der Waals surface area contributed by atoms with Crippen molar-refractivity contribution in [1.82, 2.24) is 15.1 Å². The molecule has 3 heterocycles. The van der Waals surface area contributed by atoms with Crippen LogP contribution in [0.4, 0.5) is 10.3 Å². The quantitative estimate of drug-likeness (QED) is 0.653. The molecule has 0 aromatic carbocycles. The maximum Gasteiger partial charge on any atom is 0.223 e. The fourth-order valence-electron chi connectivity index (χ4n) is 3.59. The molecule has 1 aromatic heterocycles. The highest BCUT2D eigenvalue weighted by Crippen LogP contribution is 2.30. The Balaban J connectivity index is 1.57. The van der Waals surface area contributed by atoms with Crippen molar-refractivity contribution in [3.05, 3.63) is 35.6 Å². The normalized spacial score (nSPS) is 19.3. The van der Waals surface area contributed by atoms with E-state index < -0.39 is 0 Å². The monoisotopic (exact) mass is 417 g/mol. The molecule has 1 unspecified atom stereocenters. The lowest BCUT2D eigenvalue weighted by Crippen LogP contribution is -2.46. The van der Waals surface area contributed by atoms with E-state index in [9.17, 15) is 4.79 Å². The molecule has 1 aromatic rings. The first-order valence-corrected chi connectivity index (χ1v) is 11.1. The van der Waals surface area contributed by atoms with Gasteiger partial charge >= 0.3 is 0 Å². The van der Waals surface area contributed by atoms with E-state index in [1.54, 1.807) is 0 Å². The van der Waals surface area contributed by atoms with Gasteiger partial charge in [0.1, 0.15) is 5.76 Å². The lowest BCUT2D eigenvalue weighted by atomic mass is 9.95. The molecule has 0 spiro atoms. The number of carbonyl (C=O) groups is 1. The van der Waals surface area contributed by atoms with E-state index in [1.807, 2.05) is 6.08 Å². The standard InChI is InChI=1S/C21H31N5O2S/c1-5-15(3)18-7-12-28-19(18)13-17(6-2)14-25-8-10-26(11-9-25)21-24-23-20(29-21)22-16(4)27/h6,13,15H,2,5,7-12,14H2,1,3-4H3,(H,22,23,27)/b17-13+. The van der Waals surface area contributed by atoms with E-state index in [1.165, 1.54) is 29.4 Å². The van der Waals surface area contributed by atoms with Crippen molar-refractivity contribution in [3.8, 4) is 0 Å². The van der Waals surface area contributed by atoms with Gasteiger partial charge in [-0.1, -0.05) is 37.8 Å². The first-order chi connectivity index (χ1) is 14.0. The van der Waals surface area contributed by atoms with E-state index in [2.05, 4.69) is 51.8 Å². The van der Waals surface area contributed by atoms with Crippen LogP contribution in [0.2, 0.25) is 0 Å². The Labute approximate surface area is 177 Å². The number of aromatic nitrogens is 2. The van der Waals surface area contributed by atoms with E-state index in [0.717, 1.165) is 63.1 Å². The largest absolute Gasteiger partial charge is 0.493 e. The zero-order chi connectivity index (χ0) is 20.8. The molecule has 2 aliphatic rings. The number of allylic oxidation sites excluding steroid dienone is 1. The molecule has 1 N–H and O–H groups in total. The molecule has 158 valence electrons. The van der Waals surface area contributed by atoms with Crippen molar-refractivity contribution < 1.29 is 9.53 Å². The number of carbonyl (C=O) groups excluding carboxylic acids is 1. The molecular formula is C21H31N5O2S. The molecule has 0 aliphatic carbocycles. The van der Waals surface area contributed by atoms with Gasteiger partial charge in [-0.25, -0.2) is 0 Å². The van der Waals surface area contributed by atoms with Crippen molar-refractivity contribution in [2.45, 2.75) is 33.6 Å². The van der Waals surface area contributed by atoms with Crippen LogP contribution in [0.25, 0.3) is 0 Å². The zero-order valence-corrected chi connectivity index (χ0v) is 18.4. The number of rotatable bonds is 8. The Hall–Kier alpha value is -2.19. The van der Waals surface area contributed by atoms with Gasteiger partial charge in [-0.2, -0.15) is 0 Å². The third-order valence-corrected chi connectivity index (χ3v) is 6.38. The smallest absolute Gasteiger partial charge is 0.223 e. The number of ether oxygens (including phenoxy) is 1. The van der Waals surface area contributed by atoms with Gasteiger partial charge in [0, 0.05) is 46.1 Å². The van der Waals surface area contributed by atoms with Crippen molar-refractivity contribution in [2.75, 3.05) is 49.5 Å². The molecule has 1 fully saturated rings. The van der Waals surface area contributed by atoms with Crippen LogP contribution < -0.4 is 10.2 Å². The van der Waals surface area contributed by atoms with Gasteiger partial charge in [-0.05, 0) is 29.6 Å². The zero-order valence-electron chi connectivity index (χ0n) is 17.6. The summed E-state index contributed by atoms with van der Waals surface area (Å²) in [5.41, 5.74) is 2.63. The van der Waals surface area contributed by atoms with Crippen LogP contribution in [0, 0.1) is 5.92 Å². The van der Waals surface area contributed by atoms with Crippen LogP contribution in [0.1, 0.15) is 33.6 Å². The molecule has 1 atom stereocenters. The minimum atomic E-state index is -0.126. The second kappa shape index (κ2) is 10.0. The lowest BCUT2D eigenvalue weighted by Gasteiger charge is -2.34. The average Bonchev–Trinajstić information content (AvgIpc) is 3.36. The van der Waals surface area contributed by atoms with E-state index in [0.29, 0.717) is 11.0 Å². The number of hydrogen-bond acceptors (Lipinski definition) is 7. The number of anilines is 2. The summed E-state index contributed by atoms with van der Waals surface area (Å²) in [5, 5.41) is 12.3. The molecule has 0 bridgehead atoms. The van der Waals surface area contributed by atoms with Gasteiger partial charge in [0.25, 0.3) is 0 Å². The van der Waals surface area contributed by atoms with Gasteiger partial charge < -0.3 is 15.0 Å². The van der Waals surface area contributed by atoms with Crippen LogP contribution in [-0.4, -0.2) is 60.3 Å². The van der Waals surface area contributed by atoms with Crippen LogP contribution in [0.3, 0.4) is 0 Å². The van der Waals surface area contributed by atoms with Crippen molar-refractivity contribution in [3.63, 3.8) is 0 Å². The molecule has 7 nitrogen and oxygen atoms in total. The van der Waals surface area contributed by atoms with Gasteiger partial charge in [-0.15, -0.1) is 10.2 Å². The minimum absolute atomic E-state index is 0.126. The van der Waals surface area contributed by atoms with Gasteiger partial charge in [0.05, 0.1) is 6.61 Å². The van der Waals surface area contributed by atoms with Gasteiger partial charge in [0.15, 0.2) is 0 Å². The molecule has 1 saturated heterocycles. The fourth-order valence-corrected chi connectivity index (χ4v) is 4.44. The summed E-state index contributed by atoms with van der Waals surface area (Å²) < 4.78 is 5.90. The first kappa shape index (κ1) is 21.5. The molecule has 29 heavy (non-hydrogen) atoms. The van der Waals surface area contributed by atoms with Crippen molar-refractivity contribution >= 4 is 27.5 Å². The summed E-state index contributed by atoms with van der Waals surface area (Å²) in [6, 6.07) is 0. The molecule has 2 aliphatic heterocycles. The molecule has 0 radical (unpaired) electrons. The average molecular weight is 418 g/mol. The Kier molecular flexibility index (Phi) is 7.44. The maximum absolute atomic E-state index is 11.2. The maximum atomic E-state index is 11.2. The highest BCUT2D eigenvalue weighted by atomic mass is 32.1. The number of nitrogens with one attached hydrogen (secondary N) is 1. The topological polar surface area (TPSA) is 70.6 Å². The molecular weight excluding hydrogens is 386 g/mol. The second-order valence-corrected chi connectivity index (χ2v) is 8.51. The van der Waals surface area contributed by atoms with Crippen LogP contribution in [0.15, 0.2) is 35.6 Å². The minimum Gasteiger partial charge on any atom is -0.493 e.